The van der Waals surface area contributed by atoms with E-state index in [-0.39, 0.29) is 24.2 Å². The molecule has 3 N–H and O–H groups in total. The zero-order chi connectivity index (χ0) is 21.8. The topological polar surface area (TPSA) is 97.3 Å². The maximum atomic E-state index is 12.1. The number of aliphatic hydroxyl groups is 2. The molecule has 164 valence electrons. The third-order valence-corrected chi connectivity index (χ3v) is 9.60. The molecule has 0 radical (unpaired) electrons. The molecule has 0 aromatic heterocycles. The van der Waals surface area contributed by atoms with Gasteiger partial charge in [-0.3, -0.25) is 0 Å². The third kappa shape index (κ3) is 8.20. The summed E-state index contributed by atoms with van der Waals surface area (Å²) in [5.74, 6) is 0. The van der Waals surface area contributed by atoms with Crippen molar-refractivity contribution in [3.05, 3.63) is 12.2 Å². The second kappa shape index (κ2) is 9.71. The van der Waals surface area contributed by atoms with Gasteiger partial charge in [0, 0.05) is 6.42 Å². The summed E-state index contributed by atoms with van der Waals surface area (Å²) in [6.45, 7) is 16.3. The summed E-state index contributed by atoms with van der Waals surface area (Å²) in [4.78, 5) is 12.1. The van der Waals surface area contributed by atoms with Crippen molar-refractivity contribution in [1.29, 1.82) is 0 Å². The van der Waals surface area contributed by atoms with Gasteiger partial charge in [0.15, 0.2) is 8.32 Å². The molecule has 0 fully saturated rings. The fraction of sp³-hybridized carbons (Fsp3) is 0.850. The van der Waals surface area contributed by atoms with Gasteiger partial charge in [0.25, 0.3) is 0 Å². The van der Waals surface area contributed by atoms with Crippen molar-refractivity contribution >= 4 is 14.4 Å². The molecule has 4 atom stereocenters. The van der Waals surface area contributed by atoms with Crippen LogP contribution in [0.3, 0.4) is 0 Å². The first-order valence-electron chi connectivity index (χ1n) is 9.91. The van der Waals surface area contributed by atoms with E-state index in [0.717, 1.165) is 0 Å². The molecule has 0 aromatic carbocycles. The van der Waals surface area contributed by atoms with Crippen LogP contribution in [0, 0.1) is 0 Å². The van der Waals surface area contributed by atoms with Crippen LogP contribution in [0.5, 0.6) is 0 Å². The quantitative estimate of drug-likeness (QED) is 0.435. The van der Waals surface area contributed by atoms with Crippen molar-refractivity contribution in [3.8, 4) is 0 Å². The number of nitrogens with one attached hydrogen (secondary N) is 1. The van der Waals surface area contributed by atoms with Crippen molar-refractivity contribution in [2.45, 2.75) is 96.1 Å². The first-order chi connectivity index (χ1) is 12.6. The summed E-state index contributed by atoms with van der Waals surface area (Å²) in [5, 5.41) is 21.9. The van der Waals surface area contributed by atoms with Gasteiger partial charge in [-0.25, -0.2) is 4.79 Å². The van der Waals surface area contributed by atoms with E-state index in [1.54, 1.807) is 20.8 Å². The molecule has 1 unspecified atom stereocenters. The number of carbonyl (C=O) groups excluding carboxylic acids is 1. The molecule has 1 aliphatic heterocycles. The minimum Gasteiger partial charge on any atom is -0.444 e. The number of rotatable bonds is 7. The number of alkyl carbamates (subject to hydrolysis) is 1. The summed E-state index contributed by atoms with van der Waals surface area (Å²) >= 11 is 0. The highest BCUT2D eigenvalue weighted by Gasteiger charge is 2.38. The summed E-state index contributed by atoms with van der Waals surface area (Å²) in [6.07, 6.45) is 1.66. The minimum absolute atomic E-state index is 0.0959. The van der Waals surface area contributed by atoms with Gasteiger partial charge in [-0.1, -0.05) is 32.9 Å². The van der Waals surface area contributed by atoms with E-state index in [9.17, 15) is 15.0 Å². The lowest BCUT2D eigenvalue weighted by Crippen LogP contribution is -2.51. The van der Waals surface area contributed by atoms with Crippen LogP contribution in [0.4, 0.5) is 4.79 Å². The van der Waals surface area contributed by atoms with Gasteiger partial charge in [-0.05, 0) is 38.9 Å². The Kier molecular flexibility index (Phi) is 8.71. The van der Waals surface area contributed by atoms with E-state index in [4.69, 9.17) is 13.9 Å². The maximum Gasteiger partial charge on any atom is 0.408 e. The van der Waals surface area contributed by atoms with Gasteiger partial charge >= 0.3 is 6.09 Å². The number of carbonyl (C=O) groups is 1. The van der Waals surface area contributed by atoms with Gasteiger partial charge in [0.2, 0.25) is 0 Å². The van der Waals surface area contributed by atoms with E-state index in [1.165, 1.54) is 0 Å². The molecule has 1 aliphatic rings. The lowest BCUT2D eigenvalue weighted by Gasteiger charge is -2.39. The maximum absolute atomic E-state index is 12.1. The van der Waals surface area contributed by atoms with E-state index in [0.29, 0.717) is 6.61 Å². The van der Waals surface area contributed by atoms with Gasteiger partial charge in [0.1, 0.15) is 5.60 Å². The van der Waals surface area contributed by atoms with Crippen molar-refractivity contribution in [2.75, 3.05) is 13.2 Å². The molecule has 1 rings (SSSR count). The molecule has 0 aliphatic carbocycles. The highest BCUT2D eigenvalue weighted by molar-refractivity contribution is 6.74. The smallest absolute Gasteiger partial charge is 0.408 e. The Morgan fingerprint density at radius 1 is 1.21 bits per heavy atom. The molecule has 1 heterocycles. The van der Waals surface area contributed by atoms with Gasteiger partial charge in [0.05, 0.1) is 37.6 Å². The van der Waals surface area contributed by atoms with Crippen LogP contribution in [-0.4, -0.2) is 67.8 Å². The molecule has 8 heteroatoms. The highest BCUT2D eigenvalue weighted by Crippen LogP contribution is 2.36. The van der Waals surface area contributed by atoms with Crippen LogP contribution in [0.25, 0.3) is 0 Å². The Morgan fingerprint density at radius 3 is 2.32 bits per heavy atom. The van der Waals surface area contributed by atoms with Crippen LogP contribution in [-0.2, 0) is 13.9 Å². The van der Waals surface area contributed by atoms with Crippen molar-refractivity contribution in [3.63, 3.8) is 0 Å². The van der Waals surface area contributed by atoms with Crippen LogP contribution >= 0.6 is 0 Å². The molecule has 0 aromatic rings. The first-order valence-corrected chi connectivity index (χ1v) is 12.8. The van der Waals surface area contributed by atoms with E-state index >= 15 is 0 Å². The number of aliphatic hydroxyl groups excluding tert-OH is 2. The minimum atomic E-state index is -1.91. The van der Waals surface area contributed by atoms with E-state index < -0.39 is 38.3 Å². The number of ether oxygens (including phenoxy) is 2. The first kappa shape index (κ1) is 25.1. The van der Waals surface area contributed by atoms with Gasteiger partial charge < -0.3 is 29.4 Å². The van der Waals surface area contributed by atoms with Gasteiger partial charge in [-0.15, -0.1) is 0 Å². The molecule has 1 amide bonds. The zero-order valence-corrected chi connectivity index (χ0v) is 19.6. The number of hydrogen-bond donors (Lipinski definition) is 3. The molecular formula is C20H39NO6Si. The van der Waals surface area contributed by atoms with Gasteiger partial charge in [-0.2, -0.15) is 0 Å². The monoisotopic (exact) mass is 417 g/mol. The summed E-state index contributed by atoms with van der Waals surface area (Å²) in [5.41, 5.74) is -0.608. The second-order valence-electron chi connectivity index (χ2n) is 9.91. The summed E-state index contributed by atoms with van der Waals surface area (Å²) < 4.78 is 17.6. The van der Waals surface area contributed by atoms with Crippen molar-refractivity contribution in [2.24, 2.45) is 0 Å². The molecule has 7 nitrogen and oxygen atoms in total. The average molecular weight is 418 g/mol. The van der Waals surface area contributed by atoms with Crippen LogP contribution in [0.1, 0.15) is 48.0 Å². The van der Waals surface area contributed by atoms with E-state index in [1.807, 2.05) is 12.2 Å². The average Bonchev–Trinajstić information content (AvgIpc) is 2.52. The SMILES string of the molecule is CC(C)(C)OC(=O)N[C@@H]1C=C[C@@H](CO[Si](C)(C)C(C)(C)C)O[C@@H]1CC(O)CO. The van der Waals surface area contributed by atoms with Crippen molar-refractivity contribution in [1.82, 2.24) is 5.32 Å². The Morgan fingerprint density at radius 2 is 1.82 bits per heavy atom. The molecule has 0 saturated carbocycles. The number of amides is 1. The van der Waals surface area contributed by atoms with Crippen LogP contribution < -0.4 is 5.32 Å². The molecule has 0 bridgehead atoms. The normalized spacial score (nSPS) is 24.7. The van der Waals surface area contributed by atoms with E-state index in [2.05, 4.69) is 39.2 Å². The predicted molar refractivity (Wildman–Crippen MR) is 112 cm³/mol. The third-order valence-electron chi connectivity index (χ3n) is 5.10. The predicted octanol–water partition coefficient (Wildman–Crippen LogP) is 2.97. The van der Waals surface area contributed by atoms with Crippen LogP contribution in [0.15, 0.2) is 12.2 Å². The Balaban J connectivity index is 2.80. The summed E-state index contributed by atoms with van der Waals surface area (Å²) in [6, 6.07) is -0.458. The standard InChI is InChI=1S/C20H39NO6Si/c1-19(2,3)27-18(24)21-16-10-9-15(26-17(16)11-14(23)12-22)13-25-28(7,8)20(4,5)6/h9-10,14-17,22-23H,11-13H2,1-8H3,(H,21,24)/t14?,15-,16+,17+/m0/s1. The lowest BCUT2D eigenvalue weighted by atomic mass is 10.0. The Bertz CT molecular complexity index is 538. The summed E-state index contributed by atoms with van der Waals surface area (Å²) in [7, 11) is -1.91. The molecule has 0 spiro atoms. The van der Waals surface area contributed by atoms with Crippen LogP contribution in [0.2, 0.25) is 18.1 Å². The molecular weight excluding hydrogens is 378 g/mol. The lowest BCUT2D eigenvalue weighted by molar-refractivity contribution is -0.0587. The largest absolute Gasteiger partial charge is 0.444 e. The zero-order valence-electron chi connectivity index (χ0n) is 18.6. The fourth-order valence-corrected chi connectivity index (χ4v) is 3.47. The second-order valence-corrected chi connectivity index (χ2v) is 14.7. The Labute approximate surface area is 170 Å². The van der Waals surface area contributed by atoms with Crippen molar-refractivity contribution < 1.29 is 28.9 Å². The number of hydrogen-bond acceptors (Lipinski definition) is 6. The molecule has 28 heavy (non-hydrogen) atoms. The highest BCUT2D eigenvalue weighted by atomic mass is 28.4. The Hall–Kier alpha value is -0.933. The molecule has 0 saturated heterocycles. The fourth-order valence-electron chi connectivity index (χ4n) is 2.45.